The van der Waals surface area contributed by atoms with Crippen molar-refractivity contribution in [2.45, 2.75) is 0 Å². The van der Waals surface area contributed by atoms with E-state index in [2.05, 4.69) is 14.9 Å². The van der Waals surface area contributed by atoms with Crippen molar-refractivity contribution in [2.24, 2.45) is 0 Å². The van der Waals surface area contributed by atoms with Gasteiger partial charge in [0.15, 0.2) is 0 Å². The molecule has 1 aromatic carbocycles. The molecule has 0 unspecified atom stereocenters. The van der Waals surface area contributed by atoms with Crippen molar-refractivity contribution in [1.82, 2.24) is 9.59 Å². The summed E-state index contributed by atoms with van der Waals surface area (Å²) in [5, 5.41) is 6.22. The molecule has 4 nitrogen and oxygen atoms in total. The van der Waals surface area contributed by atoms with Gasteiger partial charge in [-0.3, -0.25) is 4.79 Å². The molecule has 1 aromatic heterocycles. The molecule has 16 heavy (non-hydrogen) atoms. The fourth-order valence-electron chi connectivity index (χ4n) is 1.07. The van der Waals surface area contributed by atoms with Gasteiger partial charge in [-0.1, -0.05) is 4.49 Å². The van der Waals surface area contributed by atoms with Crippen LogP contribution in [0, 0.1) is 11.6 Å². The van der Waals surface area contributed by atoms with Gasteiger partial charge in [0.2, 0.25) is 0 Å². The summed E-state index contributed by atoms with van der Waals surface area (Å²) < 4.78 is 29.5. The first kappa shape index (κ1) is 10.6. The highest BCUT2D eigenvalue weighted by Gasteiger charge is 2.13. The van der Waals surface area contributed by atoms with Crippen molar-refractivity contribution in [3.05, 3.63) is 41.6 Å². The Morgan fingerprint density at radius 2 is 2.19 bits per heavy atom. The molecule has 2 aromatic rings. The summed E-state index contributed by atoms with van der Waals surface area (Å²) in [5.41, 5.74) is -0.353. The lowest BCUT2D eigenvalue weighted by atomic mass is 10.2. The Balaban J connectivity index is 2.24. The van der Waals surface area contributed by atoms with Crippen molar-refractivity contribution in [2.75, 3.05) is 5.32 Å². The maximum atomic E-state index is 13.2. The van der Waals surface area contributed by atoms with Gasteiger partial charge < -0.3 is 5.32 Å². The zero-order valence-corrected chi connectivity index (χ0v) is 8.59. The number of anilines is 1. The van der Waals surface area contributed by atoms with Crippen molar-refractivity contribution in [3.8, 4) is 0 Å². The minimum atomic E-state index is -0.781. The third kappa shape index (κ3) is 2.19. The lowest BCUT2D eigenvalue weighted by molar-refractivity contribution is 0.102. The van der Waals surface area contributed by atoms with Crippen LogP contribution in [0.2, 0.25) is 0 Å². The van der Waals surface area contributed by atoms with Crippen LogP contribution in [0.25, 0.3) is 0 Å². The molecule has 0 atom stereocenters. The number of amides is 1. The van der Waals surface area contributed by atoms with Crippen LogP contribution in [-0.4, -0.2) is 15.5 Å². The van der Waals surface area contributed by atoms with Gasteiger partial charge in [-0.2, -0.15) is 0 Å². The van der Waals surface area contributed by atoms with Gasteiger partial charge in [0.25, 0.3) is 5.91 Å². The third-order valence-corrected chi connectivity index (χ3v) is 2.35. The summed E-state index contributed by atoms with van der Waals surface area (Å²) in [5.74, 6) is -2.19. The second-order valence-corrected chi connectivity index (χ2v) is 3.65. The summed E-state index contributed by atoms with van der Waals surface area (Å²) in [6.45, 7) is 0. The minimum Gasteiger partial charge on any atom is -0.311 e. The molecule has 1 heterocycles. The first-order valence-corrected chi connectivity index (χ1v) is 4.98. The number of benzene rings is 1. The first-order valence-electron chi connectivity index (χ1n) is 4.20. The number of hydrogen-bond acceptors (Lipinski definition) is 4. The molecule has 82 valence electrons. The quantitative estimate of drug-likeness (QED) is 0.875. The average Bonchev–Trinajstić information content (AvgIpc) is 2.74. The van der Waals surface area contributed by atoms with Crippen LogP contribution >= 0.6 is 11.5 Å². The molecule has 1 N–H and O–H groups in total. The molecule has 2 rings (SSSR count). The van der Waals surface area contributed by atoms with E-state index in [4.69, 9.17) is 0 Å². The smallest absolute Gasteiger partial charge is 0.259 e. The van der Waals surface area contributed by atoms with Gasteiger partial charge in [0.05, 0.1) is 11.8 Å². The maximum absolute atomic E-state index is 13.2. The fourth-order valence-corrected chi connectivity index (χ4v) is 1.49. The molecule has 7 heteroatoms. The monoisotopic (exact) mass is 241 g/mol. The minimum absolute atomic E-state index is 0.353. The zero-order valence-electron chi connectivity index (χ0n) is 7.78. The topological polar surface area (TPSA) is 54.9 Å². The maximum Gasteiger partial charge on any atom is 0.259 e. The summed E-state index contributed by atoms with van der Waals surface area (Å²) >= 11 is 0.947. The average molecular weight is 241 g/mol. The van der Waals surface area contributed by atoms with Crippen LogP contribution in [0.5, 0.6) is 0 Å². The van der Waals surface area contributed by atoms with Crippen LogP contribution < -0.4 is 5.32 Å². The molecule has 0 saturated carbocycles. The summed E-state index contributed by atoms with van der Waals surface area (Å²) in [7, 11) is 0. The van der Waals surface area contributed by atoms with Crippen LogP contribution in [0.1, 0.15) is 10.4 Å². The standard InChI is InChI=1S/C9H5F2N3OS/c10-5-1-2-7(11)6(3-5)9(15)13-8-4-12-14-16-8/h1-4H,(H,13,15). The summed E-state index contributed by atoms with van der Waals surface area (Å²) in [6, 6.07) is 2.68. The lowest BCUT2D eigenvalue weighted by Crippen LogP contribution is -2.13. The third-order valence-electron chi connectivity index (χ3n) is 1.77. The van der Waals surface area contributed by atoms with E-state index in [-0.39, 0.29) is 5.56 Å². The predicted octanol–water partition coefficient (Wildman–Crippen LogP) is 2.07. The number of rotatable bonds is 2. The molecule has 0 fully saturated rings. The Labute approximate surface area is 93.1 Å². The van der Waals surface area contributed by atoms with Gasteiger partial charge in [-0.15, -0.1) is 5.10 Å². The van der Waals surface area contributed by atoms with Crippen LogP contribution in [-0.2, 0) is 0 Å². The van der Waals surface area contributed by atoms with Crippen molar-refractivity contribution in [1.29, 1.82) is 0 Å². The Bertz CT molecular complexity index is 515. The molecule has 1 amide bonds. The molecular weight excluding hydrogens is 236 g/mol. The molecule has 0 aliphatic heterocycles. The van der Waals surface area contributed by atoms with Gasteiger partial charge >= 0.3 is 0 Å². The molecule has 0 spiro atoms. The lowest BCUT2D eigenvalue weighted by Gasteiger charge is -2.02. The molecule has 0 saturated heterocycles. The first-order chi connectivity index (χ1) is 7.66. The number of halogens is 2. The molecular formula is C9H5F2N3OS. The molecule has 0 aliphatic carbocycles. The van der Waals surface area contributed by atoms with Crippen LogP contribution in [0.4, 0.5) is 13.8 Å². The zero-order chi connectivity index (χ0) is 11.5. The second-order valence-electron chi connectivity index (χ2n) is 2.86. The van der Waals surface area contributed by atoms with E-state index < -0.39 is 17.5 Å². The number of carbonyl (C=O) groups is 1. The predicted molar refractivity (Wildman–Crippen MR) is 54.2 cm³/mol. The number of hydrogen-bond donors (Lipinski definition) is 1. The number of nitrogens with zero attached hydrogens (tertiary/aromatic N) is 2. The number of carbonyl (C=O) groups excluding carboxylic acids is 1. The molecule has 0 aliphatic rings. The SMILES string of the molecule is O=C(Nc1cnns1)c1cc(F)ccc1F. The number of aromatic nitrogens is 2. The summed E-state index contributed by atoms with van der Waals surface area (Å²) in [6.07, 6.45) is 1.32. The van der Waals surface area contributed by atoms with E-state index >= 15 is 0 Å². The number of nitrogens with one attached hydrogen (secondary N) is 1. The van der Waals surface area contributed by atoms with Gasteiger partial charge in [-0.25, -0.2) is 8.78 Å². The highest BCUT2D eigenvalue weighted by atomic mass is 32.1. The largest absolute Gasteiger partial charge is 0.311 e. The van der Waals surface area contributed by atoms with E-state index in [1.807, 2.05) is 0 Å². The van der Waals surface area contributed by atoms with Crippen LogP contribution in [0.3, 0.4) is 0 Å². The van der Waals surface area contributed by atoms with E-state index in [0.29, 0.717) is 5.00 Å². The van der Waals surface area contributed by atoms with E-state index in [1.54, 1.807) is 0 Å². The second kappa shape index (κ2) is 4.31. The Kier molecular flexibility index (Phi) is 2.86. The summed E-state index contributed by atoms with van der Waals surface area (Å²) in [4.78, 5) is 11.5. The van der Waals surface area contributed by atoms with Crippen molar-refractivity contribution in [3.63, 3.8) is 0 Å². The Hall–Kier alpha value is -1.89. The highest BCUT2D eigenvalue weighted by Crippen LogP contribution is 2.14. The fraction of sp³-hybridized carbons (Fsp3) is 0. The van der Waals surface area contributed by atoms with Crippen LogP contribution in [0.15, 0.2) is 24.4 Å². The highest BCUT2D eigenvalue weighted by molar-refractivity contribution is 7.10. The van der Waals surface area contributed by atoms with Gasteiger partial charge in [0, 0.05) is 11.5 Å². The van der Waals surface area contributed by atoms with E-state index in [1.165, 1.54) is 6.20 Å². The van der Waals surface area contributed by atoms with Gasteiger partial charge in [0.1, 0.15) is 16.6 Å². The molecule has 0 bridgehead atoms. The van der Waals surface area contributed by atoms with E-state index in [0.717, 1.165) is 29.7 Å². The normalized spacial score (nSPS) is 10.1. The van der Waals surface area contributed by atoms with Crippen molar-refractivity contribution >= 4 is 22.4 Å². The molecule has 0 radical (unpaired) electrons. The van der Waals surface area contributed by atoms with Gasteiger partial charge in [-0.05, 0) is 18.2 Å². The van der Waals surface area contributed by atoms with Crippen molar-refractivity contribution < 1.29 is 13.6 Å². The Morgan fingerprint density at radius 1 is 1.38 bits per heavy atom. The van der Waals surface area contributed by atoms with E-state index in [9.17, 15) is 13.6 Å². The Morgan fingerprint density at radius 3 is 2.88 bits per heavy atom.